The minimum absolute atomic E-state index is 0.159. The molecule has 3 atom stereocenters. The number of rotatable bonds is 10. The highest BCUT2D eigenvalue weighted by atomic mass is 16.5. The van der Waals surface area contributed by atoms with Crippen LogP contribution in [0.4, 0.5) is 0 Å². The van der Waals surface area contributed by atoms with E-state index in [2.05, 4.69) is 29.0 Å². The lowest BCUT2D eigenvalue weighted by Gasteiger charge is -2.38. The SMILES string of the molecule is CCOCCCCNC(=O)CN1CCCC1CN1CC(C)OC(C)C1. The smallest absolute Gasteiger partial charge is 0.234 e. The predicted molar refractivity (Wildman–Crippen MR) is 99.8 cm³/mol. The molecule has 2 fully saturated rings. The first-order valence-corrected chi connectivity index (χ1v) is 10.0. The van der Waals surface area contributed by atoms with Crippen molar-refractivity contribution in [3.63, 3.8) is 0 Å². The number of morpholine rings is 1. The molecule has 2 heterocycles. The predicted octanol–water partition coefficient (Wildman–Crippen LogP) is 1.49. The van der Waals surface area contributed by atoms with Gasteiger partial charge in [-0.15, -0.1) is 0 Å². The lowest BCUT2D eigenvalue weighted by atomic mass is 10.1. The minimum atomic E-state index is 0.159. The largest absolute Gasteiger partial charge is 0.382 e. The molecule has 0 aliphatic carbocycles. The van der Waals surface area contributed by atoms with Crippen molar-refractivity contribution in [2.45, 2.75) is 64.7 Å². The Morgan fingerprint density at radius 1 is 1.24 bits per heavy atom. The van der Waals surface area contributed by atoms with Crippen molar-refractivity contribution in [2.75, 3.05) is 52.5 Å². The zero-order valence-electron chi connectivity index (χ0n) is 16.3. The van der Waals surface area contributed by atoms with Crippen LogP contribution in [0.2, 0.25) is 0 Å². The van der Waals surface area contributed by atoms with Crippen molar-refractivity contribution in [3.8, 4) is 0 Å². The summed E-state index contributed by atoms with van der Waals surface area (Å²) in [7, 11) is 0. The summed E-state index contributed by atoms with van der Waals surface area (Å²) in [6.07, 6.45) is 4.99. The molecular formula is C19H37N3O3. The van der Waals surface area contributed by atoms with Crippen molar-refractivity contribution < 1.29 is 14.3 Å². The first-order valence-electron chi connectivity index (χ1n) is 10.0. The average Bonchev–Trinajstić information content (AvgIpc) is 2.96. The van der Waals surface area contributed by atoms with Crippen molar-refractivity contribution >= 4 is 5.91 Å². The molecular weight excluding hydrogens is 318 g/mol. The molecule has 0 aromatic carbocycles. The molecule has 3 unspecified atom stereocenters. The van der Waals surface area contributed by atoms with Gasteiger partial charge in [0.05, 0.1) is 18.8 Å². The first-order chi connectivity index (χ1) is 12.1. The van der Waals surface area contributed by atoms with Crippen LogP contribution in [0.5, 0.6) is 0 Å². The number of nitrogens with zero attached hydrogens (tertiary/aromatic N) is 2. The first kappa shape index (κ1) is 20.6. The fourth-order valence-corrected chi connectivity index (χ4v) is 3.98. The fourth-order valence-electron chi connectivity index (χ4n) is 3.98. The number of hydrogen-bond donors (Lipinski definition) is 1. The third kappa shape index (κ3) is 7.60. The summed E-state index contributed by atoms with van der Waals surface area (Å²) >= 11 is 0. The molecule has 0 radical (unpaired) electrons. The Labute approximate surface area is 153 Å². The number of carbonyl (C=O) groups excluding carboxylic acids is 1. The highest BCUT2D eigenvalue weighted by Crippen LogP contribution is 2.20. The maximum absolute atomic E-state index is 12.2. The molecule has 25 heavy (non-hydrogen) atoms. The highest BCUT2D eigenvalue weighted by molar-refractivity contribution is 5.78. The van der Waals surface area contributed by atoms with E-state index in [1.807, 2.05) is 6.92 Å². The van der Waals surface area contributed by atoms with Crippen LogP contribution in [-0.2, 0) is 14.3 Å². The van der Waals surface area contributed by atoms with Crippen molar-refractivity contribution in [2.24, 2.45) is 0 Å². The number of ether oxygens (including phenoxy) is 2. The van der Waals surface area contributed by atoms with E-state index >= 15 is 0 Å². The van der Waals surface area contributed by atoms with Gasteiger partial charge in [-0.3, -0.25) is 14.6 Å². The van der Waals surface area contributed by atoms with E-state index in [0.717, 1.165) is 58.8 Å². The Kier molecular flexibility index (Phi) is 9.17. The van der Waals surface area contributed by atoms with Gasteiger partial charge in [0.25, 0.3) is 0 Å². The molecule has 1 N–H and O–H groups in total. The highest BCUT2D eigenvalue weighted by Gasteiger charge is 2.30. The number of nitrogens with one attached hydrogen (secondary N) is 1. The quantitative estimate of drug-likeness (QED) is 0.602. The summed E-state index contributed by atoms with van der Waals surface area (Å²) in [5, 5.41) is 3.06. The molecule has 0 spiro atoms. The summed E-state index contributed by atoms with van der Waals surface area (Å²) in [5.74, 6) is 0.159. The number of unbranched alkanes of at least 4 members (excludes halogenated alkanes) is 1. The second-order valence-corrected chi connectivity index (χ2v) is 7.50. The molecule has 6 nitrogen and oxygen atoms in total. The van der Waals surface area contributed by atoms with E-state index in [0.29, 0.717) is 24.8 Å². The Balaban J connectivity index is 1.65. The fraction of sp³-hybridized carbons (Fsp3) is 0.947. The molecule has 2 aliphatic rings. The van der Waals surface area contributed by atoms with Gasteiger partial charge in [-0.1, -0.05) is 0 Å². The van der Waals surface area contributed by atoms with E-state index in [1.165, 1.54) is 12.8 Å². The summed E-state index contributed by atoms with van der Waals surface area (Å²) in [6.45, 7) is 13.2. The summed E-state index contributed by atoms with van der Waals surface area (Å²) in [4.78, 5) is 17.1. The maximum atomic E-state index is 12.2. The molecule has 0 saturated carbocycles. The molecule has 0 bridgehead atoms. The third-order valence-corrected chi connectivity index (χ3v) is 5.05. The number of hydrogen-bond acceptors (Lipinski definition) is 5. The van der Waals surface area contributed by atoms with Crippen LogP contribution >= 0.6 is 0 Å². The van der Waals surface area contributed by atoms with Gasteiger partial charge in [-0.25, -0.2) is 0 Å². The van der Waals surface area contributed by atoms with Crippen molar-refractivity contribution in [3.05, 3.63) is 0 Å². The molecule has 6 heteroatoms. The van der Waals surface area contributed by atoms with Crippen molar-refractivity contribution in [1.82, 2.24) is 15.1 Å². The maximum Gasteiger partial charge on any atom is 0.234 e. The van der Waals surface area contributed by atoms with E-state index in [9.17, 15) is 4.79 Å². The van der Waals surface area contributed by atoms with Crippen LogP contribution in [0.25, 0.3) is 0 Å². The lowest BCUT2D eigenvalue weighted by molar-refractivity contribution is -0.122. The third-order valence-electron chi connectivity index (χ3n) is 5.05. The van der Waals surface area contributed by atoms with E-state index in [-0.39, 0.29) is 5.91 Å². The van der Waals surface area contributed by atoms with Crippen LogP contribution in [-0.4, -0.2) is 86.4 Å². The molecule has 0 aromatic rings. The lowest BCUT2D eigenvalue weighted by Crippen LogP contribution is -2.51. The number of amides is 1. The van der Waals surface area contributed by atoms with Crippen LogP contribution in [0.15, 0.2) is 0 Å². The van der Waals surface area contributed by atoms with Crippen LogP contribution in [0.1, 0.15) is 46.5 Å². The molecule has 146 valence electrons. The van der Waals surface area contributed by atoms with E-state index in [4.69, 9.17) is 9.47 Å². The summed E-state index contributed by atoms with van der Waals surface area (Å²) in [6, 6.07) is 0.501. The number of likely N-dealkylation sites (tertiary alicyclic amines) is 1. The van der Waals surface area contributed by atoms with Gasteiger partial charge in [0, 0.05) is 45.4 Å². The molecule has 2 saturated heterocycles. The van der Waals surface area contributed by atoms with Crippen LogP contribution in [0.3, 0.4) is 0 Å². The van der Waals surface area contributed by atoms with Crippen LogP contribution < -0.4 is 5.32 Å². The number of carbonyl (C=O) groups is 1. The molecule has 2 aliphatic heterocycles. The Bertz CT molecular complexity index is 384. The van der Waals surface area contributed by atoms with Gasteiger partial charge in [0.1, 0.15) is 0 Å². The van der Waals surface area contributed by atoms with Gasteiger partial charge >= 0.3 is 0 Å². The average molecular weight is 356 g/mol. The summed E-state index contributed by atoms with van der Waals surface area (Å²) in [5.41, 5.74) is 0. The van der Waals surface area contributed by atoms with E-state index in [1.54, 1.807) is 0 Å². The van der Waals surface area contributed by atoms with Crippen molar-refractivity contribution in [1.29, 1.82) is 0 Å². The van der Waals surface area contributed by atoms with Gasteiger partial charge in [-0.2, -0.15) is 0 Å². The Morgan fingerprint density at radius 2 is 2.00 bits per heavy atom. The van der Waals surface area contributed by atoms with Gasteiger partial charge in [0.2, 0.25) is 5.91 Å². The molecule has 2 rings (SSSR count). The zero-order valence-corrected chi connectivity index (χ0v) is 16.3. The molecule has 1 amide bonds. The zero-order chi connectivity index (χ0) is 18.1. The standard InChI is InChI=1S/C19H37N3O3/c1-4-24-11-6-5-9-20-19(23)15-22-10-7-8-18(22)14-21-12-16(2)25-17(3)13-21/h16-18H,4-15H2,1-3H3,(H,20,23). The van der Waals surface area contributed by atoms with Gasteiger partial charge in [0.15, 0.2) is 0 Å². The topological polar surface area (TPSA) is 54.0 Å². The second kappa shape index (κ2) is 11.1. The van der Waals surface area contributed by atoms with E-state index < -0.39 is 0 Å². The minimum Gasteiger partial charge on any atom is -0.382 e. The second-order valence-electron chi connectivity index (χ2n) is 7.50. The summed E-state index contributed by atoms with van der Waals surface area (Å²) < 4.78 is 11.1. The van der Waals surface area contributed by atoms with Gasteiger partial charge < -0.3 is 14.8 Å². The van der Waals surface area contributed by atoms with Crippen LogP contribution in [0, 0.1) is 0 Å². The Hall–Kier alpha value is -0.690. The normalized spacial score (nSPS) is 28.4. The Morgan fingerprint density at radius 3 is 2.72 bits per heavy atom. The van der Waals surface area contributed by atoms with Gasteiger partial charge in [-0.05, 0) is 53.0 Å². The monoisotopic (exact) mass is 355 g/mol. The molecule has 0 aromatic heterocycles.